The number of amides is 2. The monoisotopic (exact) mass is 577 g/mol. The zero-order valence-electron chi connectivity index (χ0n) is 23.9. The molecule has 0 radical (unpaired) electrons. The molecule has 14 nitrogen and oxygen atoms in total. The standard InChI is InChI=1S/C24H29N3O9.C3H6O2/c1-32-19-8-7-17(16(12-21(19)34-3)23(28)26-9-5-6-10-26)25-24(29)36-14-15-11-20(33-2)22(35-4)13-18(15)27(30)31;1-3(4)5-2/h7,11-13H,5-6,8-10,14H2,1-4H3,(H,25,29);1-2H3. The summed E-state index contributed by atoms with van der Waals surface area (Å²) < 4.78 is 30.5. The Bertz CT molecular complexity index is 1230. The smallest absolute Gasteiger partial charge is 0.411 e. The molecule has 2 amide bonds. The van der Waals surface area contributed by atoms with Crippen LogP contribution in [0.3, 0.4) is 0 Å². The summed E-state index contributed by atoms with van der Waals surface area (Å²) >= 11 is 0. The molecule has 1 N–H and O–H groups in total. The van der Waals surface area contributed by atoms with Gasteiger partial charge in [-0.25, -0.2) is 4.79 Å². The maximum Gasteiger partial charge on any atom is 0.411 e. The van der Waals surface area contributed by atoms with Gasteiger partial charge in [0.15, 0.2) is 17.3 Å². The molecule has 1 heterocycles. The maximum atomic E-state index is 13.2. The molecule has 0 unspecified atom stereocenters. The van der Waals surface area contributed by atoms with Crippen molar-refractivity contribution in [2.75, 3.05) is 48.6 Å². The number of ether oxygens (including phenoxy) is 6. The van der Waals surface area contributed by atoms with Gasteiger partial charge in [0.25, 0.3) is 11.6 Å². The van der Waals surface area contributed by atoms with Crippen LogP contribution in [0.15, 0.2) is 47.1 Å². The molecule has 0 spiro atoms. The zero-order valence-corrected chi connectivity index (χ0v) is 23.9. The molecule has 3 rings (SSSR count). The first-order chi connectivity index (χ1) is 19.6. The summed E-state index contributed by atoms with van der Waals surface area (Å²) in [5.74, 6) is 0.760. The average molecular weight is 578 g/mol. The molecule has 1 aliphatic carbocycles. The van der Waals surface area contributed by atoms with Crippen LogP contribution in [0, 0.1) is 10.1 Å². The highest BCUT2D eigenvalue weighted by atomic mass is 16.6. The van der Waals surface area contributed by atoms with E-state index in [0.717, 1.165) is 12.8 Å². The minimum absolute atomic E-state index is 0.108. The fourth-order valence-electron chi connectivity index (χ4n) is 3.92. The van der Waals surface area contributed by atoms with Gasteiger partial charge in [0.05, 0.1) is 63.4 Å². The molecular formula is C27H35N3O11. The van der Waals surface area contributed by atoms with Crippen molar-refractivity contribution in [2.24, 2.45) is 0 Å². The quantitative estimate of drug-likeness (QED) is 0.260. The highest BCUT2D eigenvalue weighted by Crippen LogP contribution is 2.35. The molecule has 0 atom stereocenters. The average Bonchev–Trinajstić information content (AvgIpc) is 3.45. The fraction of sp³-hybridized carbons (Fsp3) is 0.444. The summed E-state index contributed by atoms with van der Waals surface area (Å²) in [5, 5.41) is 14.1. The van der Waals surface area contributed by atoms with Crippen molar-refractivity contribution in [1.29, 1.82) is 0 Å². The number of esters is 1. The van der Waals surface area contributed by atoms with Gasteiger partial charge in [-0.15, -0.1) is 0 Å². The van der Waals surface area contributed by atoms with Crippen LogP contribution >= 0.6 is 0 Å². The van der Waals surface area contributed by atoms with E-state index in [1.54, 1.807) is 11.0 Å². The molecule has 2 aliphatic rings. The molecule has 0 saturated carbocycles. The van der Waals surface area contributed by atoms with Crippen LogP contribution in [-0.4, -0.2) is 76.4 Å². The second kappa shape index (κ2) is 15.7. The van der Waals surface area contributed by atoms with E-state index in [4.69, 9.17) is 23.7 Å². The third kappa shape index (κ3) is 8.88. The van der Waals surface area contributed by atoms with Gasteiger partial charge in [-0.05, 0) is 25.0 Å². The summed E-state index contributed by atoms with van der Waals surface area (Å²) in [7, 11) is 7.05. The Kier molecular flexibility index (Phi) is 12.5. The largest absolute Gasteiger partial charge is 0.497 e. The van der Waals surface area contributed by atoms with E-state index in [2.05, 4.69) is 10.1 Å². The molecule has 1 fully saturated rings. The van der Waals surface area contributed by atoms with Crippen molar-refractivity contribution in [2.45, 2.75) is 32.8 Å². The lowest BCUT2D eigenvalue weighted by atomic mass is 10.1. The lowest BCUT2D eigenvalue weighted by molar-refractivity contribution is -0.385. The van der Waals surface area contributed by atoms with E-state index < -0.39 is 17.6 Å². The number of allylic oxidation sites excluding steroid dienone is 2. The van der Waals surface area contributed by atoms with Crippen molar-refractivity contribution >= 4 is 23.7 Å². The summed E-state index contributed by atoms with van der Waals surface area (Å²) in [6, 6.07) is 2.57. The van der Waals surface area contributed by atoms with Crippen LogP contribution in [0.5, 0.6) is 11.5 Å². The van der Waals surface area contributed by atoms with Gasteiger partial charge in [-0.1, -0.05) is 6.08 Å². The SMILES string of the molecule is COC(C)=O.COC1=C(OC)CC=C(NC(=O)OCc2cc(OC)c(OC)cc2[N+](=O)[O-])C(C(=O)N2CCCC2)=C1. The molecule has 1 aromatic rings. The van der Waals surface area contributed by atoms with Crippen LogP contribution in [0.25, 0.3) is 0 Å². The minimum Gasteiger partial charge on any atom is -0.497 e. The lowest BCUT2D eigenvalue weighted by Crippen LogP contribution is -2.34. The Morgan fingerprint density at radius 1 is 0.976 bits per heavy atom. The molecule has 0 bridgehead atoms. The second-order valence-corrected chi connectivity index (χ2v) is 8.56. The number of nitrogens with one attached hydrogen (secondary N) is 1. The number of methoxy groups -OCH3 is 5. The van der Waals surface area contributed by atoms with E-state index in [1.165, 1.54) is 60.7 Å². The molecule has 0 aromatic heterocycles. The fourth-order valence-corrected chi connectivity index (χ4v) is 3.92. The van der Waals surface area contributed by atoms with Crippen molar-refractivity contribution in [3.8, 4) is 11.5 Å². The number of alkyl carbamates (subject to hydrolysis) is 1. The Labute approximate surface area is 237 Å². The first kappa shape index (κ1) is 32.5. The predicted octanol–water partition coefficient (Wildman–Crippen LogP) is 3.36. The molecule has 41 heavy (non-hydrogen) atoms. The van der Waals surface area contributed by atoms with Crippen LogP contribution in [0.1, 0.15) is 31.7 Å². The summed E-state index contributed by atoms with van der Waals surface area (Å²) in [5.41, 5.74) is 0.254. The summed E-state index contributed by atoms with van der Waals surface area (Å²) in [6.45, 7) is 2.17. The van der Waals surface area contributed by atoms with Crippen molar-refractivity contribution < 1.29 is 47.7 Å². The van der Waals surface area contributed by atoms with Gasteiger partial charge >= 0.3 is 12.1 Å². The molecule has 1 saturated heterocycles. The van der Waals surface area contributed by atoms with Crippen LogP contribution in [-0.2, 0) is 35.1 Å². The Morgan fingerprint density at radius 2 is 1.59 bits per heavy atom. The summed E-state index contributed by atoms with van der Waals surface area (Å²) in [6.07, 6.45) is 4.30. The van der Waals surface area contributed by atoms with Crippen molar-refractivity contribution in [3.05, 3.63) is 62.8 Å². The van der Waals surface area contributed by atoms with Gasteiger partial charge in [-0.3, -0.25) is 25.0 Å². The number of carbonyl (C=O) groups is 3. The van der Waals surface area contributed by atoms with E-state index in [0.29, 0.717) is 24.6 Å². The topological polar surface area (TPSA) is 165 Å². The number of rotatable bonds is 9. The van der Waals surface area contributed by atoms with Gasteiger partial charge < -0.3 is 33.3 Å². The van der Waals surface area contributed by atoms with Crippen LogP contribution in [0.4, 0.5) is 10.5 Å². The number of hydrogen-bond acceptors (Lipinski definition) is 11. The van der Waals surface area contributed by atoms with E-state index in [-0.39, 0.29) is 52.3 Å². The predicted molar refractivity (Wildman–Crippen MR) is 145 cm³/mol. The Morgan fingerprint density at radius 3 is 2.10 bits per heavy atom. The number of hydrogen-bond donors (Lipinski definition) is 1. The van der Waals surface area contributed by atoms with E-state index in [1.807, 2.05) is 0 Å². The lowest BCUT2D eigenvalue weighted by Gasteiger charge is -2.19. The Balaban J connectivity index is 0.00000108. The third-order valence-corrected chi connectivity index (χ3v) is 6.09. The maximum absolute atomic E-state index is 13.2. The number of benzene rings is 1. The van der Waals surface area contributed by atoms with Gasteiger partial charge in [-0.2, -0.15) is 0 Å². The highest BCUT2D eigenvalue weighted by Gasteiger charge is 2.28. The molecule has 1 aromatic carbocycles. The second-order valence-electron chi connectivity index (χ2n) is 8.56. The molecule has 14 heteroatoms. The third-order valence-electron chi connectivity index (χ3n) is 6.09. The number of nitro groups is 1. The number of nitrogens with zero attached hydrogens (tertiary/aromatic N) is 2. The molecule has 1 aliphatic heterocycles. The molecular weight excluding hydrogens is 542 g/mol. The number of likely N-dealkylation sites (tertiary alicyclic amines) is 1. The van der Waals surface area contributed by atoms with Gasteiger partial charge in [0.2, 0.25) is 0 Å². The minimum atomic E-state index is -0.898. The molecule has 224 valence electrons. The van der Waals surface area contributed by atoms with Gasteiger partial charge in [0.1, 0.15) is 12.4 Å². The van der Waals surface area contributed by atoms with Crippen LogP contribution in [0.2, 0.25) is 0 Å². The summed E-state index contributed by atoms with van der Waals surface area (Å²) in [4.78, 5) is 48.2. The van der Waals surface area contributed by atoms with E-state index >= 15 is 0 Å². The number of nitro benzene ring substituents is 1. The normalized spacial score (nSPS) is 14.3. The first-order valence-corrected chi connectivity index (χ1v) is 12.5. The number of carbonyl (C=O) groups excluding carboxylic acids is 3. The van der Waals surface area contributed by atoms with Crippen LogP contribution < -0.4 is 14.8 Å². The first-order valence-electron chi connectivity index (χ1n) is 12.5. The van der Waals surface area contributed by atoms with Crippen molar-refractivity contribution in [3.63, 3.8) is 0 Å². The van der Waals surface area contributed by atoms with Gasteiger partial charge in [0, 0.05) is 26.4 Å². The highest BCUT2D eigenvalue weighted by molar-refractivity contribution is 5.99. The Hall–Kier alpha value is -4.75. The zero-order chi connectivity index (χ0) is 30.5. The van der Waals surface area contributed by atoms with E-state index in [9.17, 15) is 24.5 Å². The van der Waals surface area contributed by atoms with Crippen molar-refractivity contribution in [1.82, 2.24) is 10.2 Å².